The van der Waals surface area contributed by atoms with Gasteiger partial charge in [0.1, 0.15) is 23.6 Å². The molecule has 0 radical (unpaired) electrons. The molecule has 0 aliphatic heterocycles. The van der Waals surface area contributed by atoms with E-state index in [0.29, 0.717) is 11.1 Å². The lowest BCUT2D eigenvalue weighted by Crippen LogP contribution is -2.06. The first-order valence-corrected chi connectivity index (χ1v) is 5.52. The van der Waals surface area contributed by atoms with Crippen molar-refractivity contribution in [2.45, 2.75) is 25.7 Å². The van der Waals surface area contributed by atoms with Gasteiger partial charge in [0.15, 0.2) is 5.82 Å². The van der Waals surface area contributed by atoms with Crippen LogP contribution in [0.5, 0.6) is 0 Å². The Kier molecular flexibility index (Phi) is 2.14. The summed E-state index contributed by atoms with van der Waals surface area (Å²) in [7, 11) is 0. The SMILES string of the molecule is Cc1c(Cl)nc(C2CC2)nc1-n1cncn1. The van der Waals surface area contributed by atoms with Crippen LogP contribution in [0.2, 0.25) is 5.15 Å². The minimum absolute atomic E-state index is 0.473. The number of halogens is 1. The Balaban J connectivity index is 2.15. The van der Waals surface area contributed by atoms with Crippen LogP contribution in [0.1, 0.15) is 30.1 Å². The fourth-order valence-electron chi connectivity index (χ4n) is 1.56. The molecule has 0 atom stereocenters. The Hall–Kier alpha value is -1.49. The Bertz CT molecular complexity index is 518. The summed E-state index contributed by atoms with van der Waals surface area (Å²) >= 11 is 6.10. The van der Waals surface area contributed by atoms with Gasteiger partial charge in [-0.25, -0.2) is 19.6 Å². The molecule has 0 bridgehead atoms. The Morgan fingerprint density at radius 3 is 2.81 bits per heavy atom. The van der Waals surface area contributed by atoms with Crippen molar-refractivity contribution in [3.05, 3.63) is 29.2 Å². The molecule has 0 saturated heterocycles. The zero-order chi connectivity index (χ0) is 11.1. The van der Waals surface area contributed by atoms with Gasteiger partial charge in [-0.15, -0.1) is 0 Å². The van der Waals surface area contributed by atoms with Crippen LogP contribution >= 0.6 is 11.6 Å². The third kappa shape index (κ3) is 1.57. The van der Waals surface area contributed by atoms with E-state index >= 15 is 0 Å². The smallest absolute Gasteiger partial charge is 0.163 e. The highest BCUT2D eigenvalue weighted by Crippen LogP contribution is 2.39. The third-order valence-electron chi connectivity index (χ3n) is 2.66. The first-order chi connectivity index (χ1) is 7.75. The summed E-state index contributed by atoms with van der Waals surface area (Å²) in [5.74, 6) is 2.01. The second-order valence-corrected chi connectivity index (χ2v) is 4.29. The molecule has 1 saturated carbocycles. The summed E-state index contributed by atoms with van der Waals surface area (Å²) in [5.41, 5.74) is 0.830. The monoisotopic (exact) mass is 235 g/mol. The average molecular weight is 236 g/mol. The van der Waals surface area contributed by atoms with Crippen LogP contribution in [0.25, 0.3) is 5.82 Å². The molecule has 82 valence electrons. The summed E-state index contributed by atoms with van der Waals surface area (Å²) in [6, 6.07) is 0. The summed E-state index contributed by atoms with van der Waals surface area (Å²) in [6.45, 7) is 1.88. The highest BCUT2D eigenvalue weighted by Gasteiger charge is 2.28. The number of hydrogen-bond acceptors (Lipinski definition) is 4. The fourth-order valence-corrected chi connectivity index (χ4v) is 1.73. The van der Waals surface area contributed by atoms with Crippen LogP contribution < -0.4 is 0 Å². The van der Waals surface area contributed by atoms with E-state index in [1.54, 1.807) is 11.0 Å². The Morgan fingerprint density at radius 1 is 1.38 bits per heavy atom. The van der Waals surface area contributed by atoms with E-state index in [9.17, 15) is 0 Å². The van der Waals surface area contributed by atoms with Gasteiger partial charge in [0.2, 0.25) is 0 Å². The van der Waals surface area contributed by atoms with Crippen molar-refractivity contribution in [3.63, 3.8) is 0 Å². The lowest BCUT2D eigenvalue weighted by Gasteiger charge is -2.07. The van der Waals surface area contributed by atoms with Gasteiger partial charge in [-0.3, -0.25) is 0 Å². The van der Waals surface area contributed by atoms with Crippen LogP contribution in [0.4, 0.5) is 0 Å². The molecule has 2 aromatic rings. The van der Waals surface area contributed by atoms with Gasteiger partial charge in [0, 0.05) is 11.5 Å². The minimum Gasteiger partial charge on any atom is -0.223 e. The molecule has 0 unspecified atom stereocenters. The number of nitrogens with zero attached hydrogens (tertiary/aromatic N) is 5. The normalized spacial score (nSPS) is 15.4. The predicted molar refractivity (Wildman–Crippen MR) is 58.7 cm³/mol. The van der Waals surface area contributed by atoms with E-state index in [-0.39, 0.29) is 0 Å². The molecule has 0 aromatic carbocycles. The zero-order valence-electron chi connectivity index (χ0n) is 8.76. The van der Waals surface area contributed by atoms with Crippen molar-refractivity contribution in [1.82, 2.24) is 24.7 Å². The van der Waals surface area contributed by atoms with E-state index in [1.165, 1.54) is 6.33 Å². The zero-order valence-corrected chi connectivity index (χ0v) is 9.52. The molecule has 5 nitrogen and oxygen atoms in total. The first kappa shape index (κ1) is 9.72. The molecule has 0 spiro atoms. The maximum atomic E-state index is 6.10. The van der Waals surface area contributed by atoms with Gasteiger partial charge in [-0.05, 0) is 19.8 Å². The van der Waals surface area contributed by atoms with Gasteiger partial charge in [0.05, 0.1) is 0 Å². The fraction of sp³-hybridized carbons (Fsp3) is 0.400. The van der Waals surface area contributed by atoms with E-state index in [2.05, 4.69) is 20.1 Å². The Morgan fingerprint density at radius 2 is 2.19 bits per heavy atom. The maximum absolute atomic E-state index is 6.10. The van der Waals surface area contributed by atoms with Crippen LogP contribution in [0.3, 0.4) is 0 Å². The van der Waals surface area contributed by atoms with E-state index in [4.69, 9.17) is 11.6 Å². The van der Waals surface area contributed by atoms with Crippen molar-refractivity contribution in [2.75, 3.05) is 0 Å². The maximum Gasteiger partial charge on any atom is 0.163 e. The molecule has 1 aliphatic carbocycles. The van der Waals surface area contributed by atoms with E-state index in [0.717, 1.165) is 30.0 Å². The van der Waals surface area contributed by atoms with Gasteiger partial charge in [-0.1, -0.05) is 11.6 Å². The van der Waals surface area contributed by atoms with Gasteiger partial charge in [0.25, 0.3) is 0 Å². The van der Waals surface area contributed by atoms with Crippen LogP contribution in [0, 0.1) is 6.92 Å². The van der Waals surface area contributed by atoms with Crippen molar-refractivity contribution in [1.29, 1.82) is 0 Å². The van der Waals surface area contributed by atoms with Crippen LogP contribution in [-0.4, -0.2) is 24.7 Å². The summed E-state index contributed by atoms with van der Waals surface area (Å²) in [4.78, 5) is 12.7. The molecular formula is C10H10ClN5. The van der Waals surface area contributed by atoms with E-state index in [1.807, 2.05) is 6.92 Å². The van der Waals surface area contributed by atoms with Gasteiger partial charge in [-0.2, -0.15) is 5.10 Å². The summed E-state index contributed by atoms with van der Waals surface area (Å²) in [6.07, 6.45) is 5.39. The highest BCUT2D eigenvalue weighted by atomic mass is 35.5. The van der Waals surface area contributed by atoms with Crippen molar-refractivity contribution in [2.24, 2.45) is 0 Å². The van der Waals surface area contributed by atoms with Crippen LogP contribution in [0.15, 0.2) is 12.7 Å². The molecule has 0 amide bonds. The van der Waals surface area contributed by atoms with Crippen LogP contribution in [-0.2, 0) is 0 Å². The lowest BCUT2D eigenvalue weighted by molar-refractivity contribution is 0.798. The van der Waals surface area contributed by atoms with Gasteiger partial charge >= 0.3 is 0 Å². The molecule has 2 aromatic heterocycles. The first-order valence-electron chi connectivity index (χ1n) is 5.14. The second kappa shape index (κ2) is 3.52. The predicted octanol–water partition coefficient (Wildman–Crippen LogP) is 1.90. The second-order valence-electron chi connectivity index (χ2n) is 3.94. The Labute approximate surface area is 97.5 Å². The number of rotatable bonds is 2. The third-order valence-corrected chi connectivity index (χ3v) is 3.02. The van der Waals surface area contributed by atoms with Crippen molar-refractivity contribution >= 4 is 11.6 Å². The van der Waals surface area contributed by atoms with Crippen molar-refractivity contribution in [3.8, 4) is 5.82 Å². The molecule has 3 rings (SSSR count). The highest BCUT2D eigenvalue weighted by molar-refractivity contribution is 6.30. The average Bonchev–Trinajstić information content (AvgIpc) is 2.98. The standard InChI is InChI=1S/C10H10ClN5/c1-6-8(11)14-9(7-2-3-7)15-10(6)16-5-12-4-13-16/h4-5,7H,2-3H2,1H3. The molecular weight excluding hydrogens is 226 g/mol. The summed E-state index contributed by atoms with van der Waals surface area (Å²) in [5, 5.41) is 4.57. The minimum atomic E-state index is 0.473. The topological polar surface area (TPSA) is 56.5 Å². The number of hydrogen-bond donors (Lipinski definition) is 0. The van der Waals surface area contributed by atoms with Crippen molar-refractivity contribution < 1.29 is 0 Å². The molecule has 16 heavy (non-hydrogen) atoms. The molecule has 1 aliphatic rings. The molecule has 6 heteroatoms. The quantitative estimate of drug-likeness (QED) is 0.746. The van der Waals surface area contributed by atoms with E-state index < -0.39 is 0 Å². The molecule has 0 N–H and O–H groups in total. The summed E-state index contributed by atoms with van der Waals surface area (Å²) < 4.78 is 1.62. The lowest BCUT2D eigenvalue weighted by atomic mass is 10.3. The van der Waals surface area contributed by atoms with Gasteiger partial charge < -0.3 is 0 Å². The molecule has 2 heterocycles. The number of aromatic nitrogens is 5. The largest absolute Gasteiger partial charge is 0.223 e. The molecule has 1 fully saturated rings.